The molecule has 0 amide bonds. The number of thiophene rings is 4. The Morgan fingerprint density at radius 2 is 0.757 bits per heavy atom. The first kappa shape index (κ1) is 40.2. The summed E-state index contributed by atoms with van der Waals surface area (Å²) in [6.07, 6.45) is 0. The second kappa shape index (κ2) is 14.7. The van der Waals surface area contributed by atoms with Gasteiger partial charge in [0.25, 0.3) is 0 Å². The number of nitrogens with zero attached hydrogens (tertiary/aromatic N) is 2. The summed E-state index contributed by atoms with van der Waals surface area (Å²) in [7, 11) is 0. The van der Waals surface area contributed by atoms with Crippen LogP contribution in [0.1, 0.15) is 0 Å². The van der Waals surface area contributed by atoms with Gasteiger partial charge in [-0.15, -0.1) is 45.3 Å². The topological polar surface area (TPSA) is 9.86 Å². The van der Waals surface area contributed by atoms with Crippen LogP contribution < -0.4 is 0 Å². The Kier molecular flexibility index (Phi) is 7.96. The third-order valence-corrected chi connectivity index (χ3v) is 20.7. The maximum Gasteiger partial charge on any atom is 0.0720 e. The monoisotopic (exact) mass is 1010 g/mol. The van der Waals surface area contributed by atoms with Crippen LogP contribution in [0.3, 0.4) is 0 Å². The fourth-order valence-corrected chi connectivity index (χ4v) is 17.7. The summed E-state index contributed by atoms with van der Waals surface area (Å²) >= 11 is 7.62. The van der Waals surface area contributed by atoms with Crippen LogP contribution in [0.2, 0.25) is 0 Å². The normalized spacial score (nSPS) is 12.6. The molecule has 0 fully saturated rings. The molecule has 0 bridgehead atoms. The summed E-state index contributed by atoms with van der Waals surface area (Å²) in [5.74, 6) is 0. The highest BCUT2D eigenvalue weighted by Crippen LogP contribution is 2.51. The van der Waals surface area contributed by atoms with Crippen molar-refractivity contribution in [2.24, 2.45) is 0 Å². The van der Waals surface area contributed by atoms with E-state index in [1.54, 1.807) is 0 Å². The molecule has 0 aliphatic rings. The van der Waals surface area contributed by atoms with Crippen molar-refractivity contribution in [3.05, 3.63) is 218 Å². The highest BCUT2D eigenvalue weighted by atomic mass is 32.1. The average Bonchev–Trinajstić information content (AvgIpc) is 4.33. The smallest absolute Gasteiger partial charge is 0.0720 e. The summed E-state index contributed by atoms with van der Waals surface area (Å²) in [6, 6.07) is 82.6. The van der Waals surface area contributed by atoms with Gasteiger partial charge in [-0.05, 0) is 94.0 Å². The van der Waals surface area contributed by atoms with Crippen LogP contribution in [0.15, 0.2) is 218 Å². The third-order valence-electron chi connectivity index (χ3n) is 16.1. The van der Waals surface area contributed by atoms with Crippen LogP contribution in [0.4, 0.5) is 0 Å². The molecule has 0 aliphatic heterocycles. The lowest BCUT2D eigenvalue weighted by Crippen LogP contribution is -1.94. The van der Waals surface area contributed by atoms with Gasteiger partial charge in [-0.3, -0.25) is 0 Å². The SMILES string of the molecule is c1ccc2c(c1)sc1cc(-n3c4ccc5c(-c6ccc7sc8c(c7c6)c6ccccc6c6c8c7ccccc7n6-c6ccc7c(c6)sc6ccccc67)cccc5c4c4ccc5c6ccccc6sc5c43)ccc12. The molecule has 6 aromatic heterocycles. The summed E-state index contributed by atoms with van der Waals surface area (Å²) in [5, 5.41) is 20.9. The summed E-state index contributed by atoms with van der Waals surface area (Å²) in [4.78, 5) is 0. The quantitative estimate of drug-likeness (QED) is 0.167. The van der Waals surface area contributed by atoms with Crippen molar-refractivity contribution in [2.45, 2.75) is 0 Å². The highest BCUT2D eigenvalue weighted by molar-refractivity contribution is 7.27. The van der Waals surface area contributed by atoms with E-state index < -0.39 is 0 Å². The third kappa shape index (κ3) is 5.27. The first-order valence-corrected chi connectivity index (χ1v) is 28.4. The summed E-state index contributed by atoms with van der Waals surface area (Å²) < 4.78 is 15.7. The number of para-hydroxylation sites is 1. The van der Waals surface area contributed by atoms with Gasteiger partial charge in [-0.2, -0.15) is 0 Å². The van der Waals surface area contributed by atoms with Crippen molar-refractivity contribution < 1.29 is 0 Å². The molecule has 0 atom stereocenters. The molecule has 18 rings (SSSR count). The zero-order valence-corrected chi connectivity index (χ0v) is 42.6. The number of benzene rings is 12. The Balaban J connectivity index is 0.878. The van der Waals surface area contributed by atoms with Crippen LogP contribution in [0.5, 0.6) is 0 Å². The van der Waals surface area contributed by atoms with E-state index in [0.29, 0.717) is 0 Å². The van der Waals surface area contributed by atoms with Gasteiger partial charge in [0.1, 0.15) is 0 Å². The Labute approximate surface area is 438 Å². The Morgan fingerprint density at radius 1 is 0.243 bits per heavy atom. The molecule has 0 radical (unpaired) electrons. The largest absolute Gasteiger partial charge is 0.309 e. The Bertz CT molecular complexity index is 5520. The molecule has 2 nitrogen and oxygen atoms in total. The van der Waals surface area contributed by atoms with E-state index in [2.05, 4.69) is 228 Å². The molecule has 0 saturated carbocycles. The van der Waals surface area contributed by atoms with Gasteiger partial charge >= 0.3 is 0 Å². The zero-order chi connectivity index (χ0) is 47.9. The molecule has 74 heavy (non-hydrogen) atoms. The first-order valence-electron chi connectivity index (χ1n) is 25.1. The lowest BCUT2D eigenvalue weighted by atomic mass is 9.94. The van der Waals surface area contributed by atoms with Crippen molar-refractivity contribution in [1.82, 2.24) is 9.13 Å². The van der Waals surface area contributed by atoms with Gasteiger partial charge in [0.15, 0.2) is 0 Å². The lowest BCUT2D eigenvalue weighted by Gasteiger charge is -2.12. The van der Waals surface area contributed by atoms with E-state index in [0.717, 1.165) is 0 Å². The molecule has 0 N–H and O–H groups in total. The second-order valence-electron chi connectivity index (χ2n) is 19.8. The number of aromatic nitrogens is 2. The van der Waals surface area contributed by atoms with E-state index in [1.165, 1.54) is 168 Å². The molecule has 0 unspecified atom stereocenters. The second-order valence-corrected chi connectivity index (χ2v) is 24.1. The van der Waals surface area contributed by atoms with Crippen LogP contribution in [0.25, 0.3) is 168 Å². The average molecular weight is 1010 g/mol. The van der Waals surface area contributed by atoms with Gasteiger partial charge in [-0.1, -0.05) is 152 Å². The van der Waals surface area contributed by atoms with Gasteiger partial charge in [-0.25, -0.2) is 0 Å². The predicted octanol–water partition coefficient (Wildman–Crippen LogP) is 21.3. The first-order chi connectivity index (χ1) is 36.7. The maximum absolute atomic E-state index is 2.56. The molecule has 0 saturated heterocycles. The minimum atomic E-state index is 1.20. The fraction of sp³-hybridized carbons (Fsp3) is 0. The van der Waals surface area contributed by atoms with E-state index in [1.807, 2.05) is 45.3 Å². The van der Waals surface area contributed by atoms with Crippen LogP contribution in [-0.2, 0) is 0 Å². The molecular formula is C68H36N2S4. The molecule has 6 heteroatoms. The van der Waals surface area contributed by atoms with E-state index in [9.17, 15) is 0 Å². The number of rotatable bonds is 3. The van der Waals surface area contributed by atoms with Crippen LogP contribution in [0, 0.1) is 0 Å². The summed E-state index contributed by atoms with van der Waals surface area (Å²) in [5.41, 5.74) is 9.89. The molecule has 6 heterocycles. The van der Waals surface area contributed by atoms with Gasteiger partial charge in [0.2, 0.25) is 0 Å². The Hall–Kier alpha value is -8.36. The van der Waals surface area contributed by atoms with Crippen molar-refractivity contribution in [1.29, 1.82) is 0 Å². The minimum absolute atomic E-state index is 1.20. The molecule has 12 aromatic carbocycles. The fourth-order valence-electron chi connectivity index (χ4n) is 13.0. The highest BCUT2D eigenvalue weighted by Gasteiger charge is 2.24. The van der Waals surface area contributed by atoms with Crippen molar-refractivity contribution in [3.63, 3.8) is 0 Å². The molecule has 342 valence electrons. The van der Waals surface area contributed by atoms with Crippen molar-refractivity contribution in [3.8, 4) is 22.5 Å². The minimum Gasteiger partial charge on any atom is -0.309 e. The number of hydrogen-bond donors (Lipinski definition) is 0. The summed E-state index contributed by atoms with van der Waals surface area (Å²) in [6.45, 7) is 0. The van der Waals surface area contributed by atoms with E-state index >= 15 is 0 Å². The van der Waals surface area contributed by atoms with Crippen molar-refractivity contribution >= 4 is 191 Å². The zero-order valence-electron chi connectivity index (χ0n) is 39.3. The van der Waals surface area contributed by atoms with E-state index in [4.69, 9.17) is 0 Å². The molecular weight excluding hydrogens is 973 g/mol. The molecule has 0 spiro atoms. The molecule has 0 aliphatic carbocycles. The van der Waals surface area contributed by atoms with Crippen LogP contribution >= 0.6 is 45.3 Å². The number of hydrogen-bond acceptors (Lipinski definition) is 4. The van der Waals surface area contributed by atoms with Crippen LogP contribution in [-0.4, -0.2) is 9.13 Å². The van der Waals surface area contributed by atoms with E-state index in [-0.39, 0.29) is 0 Å². The Morgan fingerprint density at radius 3 is 1.49 bits per heavy atom. The van der Waals surface area contributed by atoms with Gasteiger partial charge in [0, 0.05) is 114 Å². The maximum atomic E-state index is 2.56. The molecule has 18 aromatic rings. The van der Waals surface area contributed by atoms with Crippen molar-refractivity contribution in [2.75, 3.05) is 0 Å². The van der Waals surface area contributed by atoms with Gasteiger partial charge in [0.05, 0.1) is 26.8 Å². The van der Waals surface area contributed by atoms with Gasteiger partial charge < -0.3 is 9.13 Å². The number of fused-ring (bicyclic) bond motifs is 25. The standard InChI is InChI=1S/C68H36N2S4/c1-2-16-49-48(15-1)63-53-34-37(24-33-59(53)74-68(63)64-51-17-3-7-20-54(51)69(65(49)64)38-25-27-45-42-12-4-8-21-56(42)71-60(45)35-38)40-18-11-19-47-41(40)31-32-55-62(47)52-30-29-50-44-14-6-10-23-58(44)73-67(50)66(52)70(55)39-26-28-46-43-13-5-9-22-57(43)72-61(46)36-39/h1-36H. The predicted molar refractivity (Wildman–Crippen MR) is 327 cm³/mol. The lowest BCUT2D eigenvalue weighted by molar-refractivity contribution is 1.19.